The number of hydrogen-bond donors (Lipinski definition) is 0. The second kappa shape index (κ2) is 3.67. The van der Waals surface area contributed by atoms with Crippen LogP contribution in [-0.2, 0) is 7.05 Å². The fraction of sp³-hybridized carbons (Fsp3) is 0.0667. The Hall–Kier alpha value is -2.22. The summed E-state index contributed by atoms with van der Waals surface area (Å²) in [4.78, 5) is 4.12. The highest BCUT2D eigenvalue weighted by atomic mass is 15.0. The first-order valence-corrected chi connectivity index (χ1v) is 5.57. The van der Waals surface area contributed by atoms with Crippen molar-refractivity contribution in [2.75, 3.05) is 0 Å². The lowest BCUT2D eigenvalue weighted by atomic mass is 10.0. The molecule has 0 radical (unpaired) electrons. The summed E-state index contributed by atoms with van der Waals surface area (Å²) in [5, 5.41) is 4.83. The van der Waals surface area contributed by atoms with E-state index in [1.165, 1.54) is 16.2 Å². The molecule has 2 aromatic carbocycles. The Morgan fingerprint density at radius 3 is 2.41 bits per heavy atom. The summed E-state index contributed by atoms with van der Waals surface area (Å²) in [6, 6.07) is 14.8. The lowest BCUT2D eigenvalue weighted by molar-refractivity contribution is -0.657. The Kier molecular flexibility index (Phi) is 2.15. The SMILES string of the molecule is C=Nc1c2cc3ccccc3cc2cc[n+]1C. The normalized spacial score (nSPS) is 10.9. The zero-order valence-electron chi connectivity index (χ0n) is 9.72. The Bertz CT molecular complexity index is 729. The minimum absolute atomic E-state index is 0.910. The van der Waals surface area contributed by atoms with Gasteiger partial charge in [-0.05, 0) is 34.4 Å². The summed E-state index contributed by atoms with van der Waals surface area (Å²) >= 11 is 0. The molecule has 0 N–H and O–H groups in total. The van der Waals surface area contributed by atoms with Gasteiger partial charge in [0.1, 0.15) is 6.72 Å². The number of hydrogen-bond acceptors (Lipinski definition) is 1. The molecule has 0 unspecified atom stereocenters. The molecule has 3 rings (SSSR count). The monoisotopic (exact) mass is 221 g/mol. The van der Waals surface area contributed by atoms with Gasteiger partial charge in [-0.15, -0.1) is 0 Å². The highest BCUT2D eigenvalue weighted by Gasteiger charge is 2.10. The molecule has 0 aliphatic carbocycles. The highest BCUT2D eigenvalue weighted by Crippen LogP contribution is 2.26. The Balaban J connectivity index is 2.52. The van der Waals surface area contributed by atoms with Crippen molar-refractivity contribution < 1.29 is 4.57 Å². The van der Waals surface area contributed by atoms with E-state index in [0.717, 1.165) is 11.2 Å². The zero-order chi connectivity index (χ0) is 11.8. The van der Waals surface area contributed by atoms with E-state index in [2.05, 4.69) is 54.2 Å². The second-order valence-electron chi connectivity index (χ2n) is 4.19. The highest BCUT2D eigenvalue weighted by molar-refractivity contribution is 6.01. The molecule has 2 nitrogen and oxygen atoms in total. The van der Waals surface area contributed by atoms with Gasteiger partial charge in [-0.3, -0.25) is 0 Å². The van der Waals surface area contributed by atoms with Crippen LogP contribution in [0.4, 0.5) is 5.82 Å². The molecule has 1 heterocycles. The molecule has 0 saturated carbocycles. The van der Waals surface area contributed by atoms with Crippen LogP contribution in [0.5, 0.6) is 0 Å². The van der Waals surface area contributed by atoms with E-state index in [-0.39, 0.29) is 0 Å². The van der Waals surface area contributed by atoms with Crippen molar-refractivity contribution in [3.63, 3.8) is 0 Å². The smallest absolute Gasteiger partial charge is 0.233 e. The molecule has 1 aromatic heterocycles. The minimum atomic E-state index is 0.910. The van der Waals surface area contributed by atoms with Gasteiger partial charge in [-0.1, -0.05) is 29.3 Å². The number of aryl methyl sites for hydroxylation is 1. The third-order valence-electron chi connectivity index (χ3n) is 3.12. The third-order valence-corrected chi connectivity index (χ3v) is 3.12. The van der Waals surface area contributed by atoms with Gasteiger partial charge in [0.05, 0.1) is 18.6 Å². The number of benzene rings is 2. The van der Waals surface area contributed by atoms with E-state index < -0.39 is 0 Å². The van der Waals surface area contributed by atoms with Crippen molar-refractivity contribution in [3.05, 3.63) is 48.7 Å². The Labute approximate surface area is 99.8 Å². The maximum atomic E-state index is 4.12. The topological polar surface area (TPSA) is 16.2 Å². The summed E-state index contributed by atoms with van der Waals surface area (Å²) in [5.74, 6) is 0.910. The van der Waals surface area contributed by atoms with E-state index in [0.29, 0.717) is 0 Å². The number of fused-ring (bicyclic) bond motifs is 2. The quantitative estimate of drug-likeness (QED) is 0.341. The van der Waals surface area contributed by atoms with Gasteiger partial charge < -0.3 is 0 Å². The molecule has 3 aromatic rings. The van der Waals surface area contributed by atoms with Crippen LogP contribution < -0.4 is 4.57 Å². The maximum Gasteiger partial charge on any atom is 0.329 e. The van der Waals surface area contributed by atoms with Gasteiger partial charge in [0.15, 0.2) is 0 Å². The second-order valence-corrected chi connectivity index (χ2v) is 4.19. The first kappa shape index (κ1) is 9.97. The van der Waals surface area contributed by atoms with Gasteiger partial charge in [-0.2, -0.15) is 0 Å². The van der Waals surface area contributed by atoms with E-state index in [1.807, 2.05) is 17.8 Å². The molecule has 2 heteroatoms. The maximum absolute atomic E-state index is 4.12. The Morgan fingerprint density at radius 1 is 1.00 bits per heavy atom. The van der Waals surface area contributed by atoms with E-state index >= 15 is 0 Å². The Morgan fingerprint density at radius 2 is 1.71 bits per heavy atom. The largest absolute Gasteiger partial charge is 0.329 e. The standard InChI is InChI=1S/C15H13N2/c1-16-15-14-10-12-6-4-3-5-11(12)9-13(14)7-8-17(15)2/h3-10H,1H2,2H3/q+1. The summed E-state index contributed by atoms with van der Waals surface area (Å²) < 4.78 is 1.99. The average Bonchev–Trinajstić information content (AvgIpc) is 2.36. The van der Waals surface area contributed by atoms with Gasteiger partial charge in [0.2, 0.25) is 0 Å². The summed E-state index contributed by atoms with van der Waals surface area (Å²) in [7, 11) is 1.98. The van der Waals surface area contributed by atoms with Crippen LogP contribution >= 0.6 is 0 Å². The number of nitrogens with zero attached hydrogens (tertiary/aromatic N) is 2. The van der Waals surface area contributed by atoms with Gasteiger partial charge in [0, 0.05) is 0 Å². The molecule has 17 heavy (non-hydrogen) atoms. The first-order valence-electron chi connectivity index (χ1n) is 5.57. The molecule has 82 valence electrons. The lowest BCUT2D eigenvalue weighted by Crippen LogP contribution is -2.27. The molecule has 0 amide bonds. The predicted octanol–water partition coefficient (Wildman–Crippen LogP) is 3.15. The molecule has 0 bridgehead atoms. The van der Waals surface area contributed by atoms with E-state index in [1.54, 1.807) is 0 Å². The first-order chi connectivity index (χ1) is 8.29. The van der Waals surface area contributed by atoms with Crippen LogP contribution in [0.25, 0.3) is 21.5 Å². The van der Waals surface area contributed by atoms with Crippen molar-refractivity contribution in [1.29, 1.82) is 0 Å². The fourth-order valence-electron chi connectivity index (χ4n) is 2.24. The van der Waals surface area contributed by atoms with Crippen LogP contribution in [0.3, 0.4) is 0 Å². The van der Waals surface area contributed by atoms with Crippen LogP contribution in [0.15, 0.2) is 53.7 Å². The van der Waals surface area contributed by atoms with Crippen molar-refractivity contribution in [3.8, 4) is 0 Å². The van der Waals surface area contributed by atoms with Gasteiger partial charge in [0.25, 0.3) is 0 Å². The minimum Gasteiger partial charge on any atom is -0.233 e. The molecule has 0 atom stereocenters. The zero-order valence-corrected chi connectivity index (χ0v) is 9.72. The summed E-state index contributed by atoms with van der Waals surface area (Å²) in [6.45, 7) is 3.65. The summed E-state index contributed by atoms with van der Waals surface area (Å²) in [5.41, 5.74) is 0. The number of aromatic nitrogens is 1. The van der Waals surface area contributed by atoms with Crippen molar-refractivity contribution in [1.82, 2.24) is 0 Å². The molecule has 0 spiro atoms. The van der Waals surface area contributed by atoms with Crippen LogP contribution in [0.2, 0.25) is 0 Å². The van der Waals surface area contributed by atoms with Crippen LogP contribution in [0.1, 0.15) is 0 Å². The van der Waals surface area contributed by atoms with Crippen molar-refractivity contribution in [2.45, 2.75) is 0 Å². The number of rotatable bonds is 1. The lowest BCUT2D eigenvalue weighted by Gasteiger charge is -2.03. The molecular weight excluding hydrogens is 208 g/mol. The van der Waals surface area contributed by atoms with Crippen LogP contribution in [-0.4, -0.2) is 6.72 Å². The average molecular weight is 221 g/mol. The molecule has 0 aliphatic heterocycles. The molecule has 0 aliphatic rings. The predicted molar refractivity (Wildman–Crippen MR) is 71.8 cm³/mol. The molecule has 0 fully saturated rings. The number of pyridine rings is 1. The van der Waals surface area contributed by atoms with Crippen molar-refractivity contribution in [2.24, 2.45) is 12.0 Å². The van der Waals surface area contributed by atoms with E-state index in [4.69, 9.17) is 0 Å². The van der Waals surface area contributed by atoms with Gasteiger partial charge in [-0.25, -0.2) is 4.57 Å². The van der Waals surface area contributed by atoms with E-state index in [9.17, 15) is 0 Å². The number of aliphatic imine (C=N–C) groups is 1. The molecular formula is C15H13N2+. The molecule has 0 saturated heterocycles. The fourth-order valence-corrected chi connectivity index (χ4v) is 2.24. The summed E-state index contributed by atoms with van der Waals surface area (Å²) in [6.07, 6.45) is 2.02. The van der Waals surface area contributed by atoms with Gasteiger partial charge >= 0.3 is 5.82 Å². The van der Waals surface area contributed by atoms with Crippen molar-refractivity contribution >= 4 is 34.1 Å². The van der Waals surface area contributed by atoms with Crippen LogP contribution in [0, 0.1) is 0 Å². The third kappa shape index (κ3) is 1.49.